The Morgan fingerprint density at radius 1 is 1.19 bits per heavy atom. The van der Waals surface area contributed by atoms with Crippen molar-refractivity contribution in [1.82, 2.24) is 16.0 Å². The molecule has 0 spiro atoms. The quantitative estimate of drug-likeness (QED) is 0.481. The molecular weight excluding hydrogens is 436 g/mol. The predicted octanol–water partition coefficient (Wildman–Crippen LogP) is 2.16. The highest BCUT2D eigenvalue weighted by molar-refractivity contribution is 6.31. The molecule has 4 amide bonds. The Morgan fingerprint density at radius 3 is 2.56 bits per heavy atom. The summed E-state index contributed by atoms with van der Waals surface area (Å²) in [5, 5.41) is 8.42. The van der Waals surface area contributed by atoms with Crippen molar-refractivity contribution in [3.8, 4) is 11.5 Å². The molecule has 1 aliphatic rings. The van der Waals surface area contributed by atoms with Crippen LogP contribution in [0.25, 0.3) is 0 Å². The maximum Gasteiger partial charge on any atom is 0.319 e. The number of carbonyl (C=O) groups is 3. The van der Waals surface area contributed by atoms with Gasteiger partial charge in [-0.1, -0.05) is 41.9 Å². The van der Waals surface area contributed by atoms with E-state index in [1.807, 2.05) is 30.3 Å². The van der Waals surface area contributed by atoms with Crippen molar-refractivity contribution in [1.29, 1.82) is 0 Å². The van der Waals surface area contributed by atoms with Crippen LogP contribution in [0, 0.1) is 0 Å². The first-order valence-electron chi connectivity index (χ1n) is 9.69. The number of primary amides is 1. The average Bonchev–Trinajstić information content (AvgIpc) is 2.76. The largest absolute Gasteiger partial charge is 0.493 e. The molecule has 2 aromatic carbocycles. The first-order chi connectivity index (χ1) is 15.3. The molecule has 0 fully saturated rings. The van der Waals surface area contributed by atoms with Gasteiger partial charge in [0.25, 0.3) is 11.8 Å². The second kappa shape index (κ2) is 10.1. The minimum Gasteiger partial charge on any atom is -0.493 e. The minimum atomic E-state index is -0.842. The number of halogens is 1. The van der Waals surface area contributed by atoms with Crippen molar-refractivity contribution >= 4 is 29.4 Å². The Hall–Kier alpha value is -3.72. The topological polar surface area (TPSA) is 132 Å². The summed E-state index contributed by atoms with van der Waals surface area (Å²) in [6, 6.07) is 11.1. The molecule has 1 aliphatic heterocycles. The molecule has 0 aromatic heterocycles. The summed E-state index contributed by atoms with van der Waals surface area (Å²) in [5.74, 6) is -0.557. The Morgan fingerprint density at radius 2 is 1.91 bits per heavy atom. The second-order valence-corrected chi connectivity index (χ2v) is 7.43. The van der Waals surface area contributed by atoms with Crippen LogP contribution < -0.4 is 31.2 Å². The number of allylic oxidation sites excluding steroid dienone is 1. The third-order valence-corrected chi connectivity index (χ3v) is 5.10. The van der Waals surface area contributed by atoms with Crippen LogP contribution in [0.4, 0.5) is 4.79 Å². The van der Waals surface area contributed by atoms with Crippen molar-refractivity contribution in [2.45, 2.75) is 19.5 Å². The van der Waals surface area contributed by atoms with Crippen LogP contribution in [0.15, 0.2) is 53.7 Å². The van der Waals surface area contributed by atoms with Gasteiger partial charge in [-0.2, -0.15) is 0 Å². The van der Waals surface area contributed by atoms with Crippen LogP contribution in [-0.4, -0.2) is 31.6 Å². The molecule has 1 atom stereocenters. The number of carbonyl (C=O) groups excluding carboxylic acids is 3. The Balaban J connectivity index is 1.93. The lowest BCUT2D eigenvalue weighted by atomic mass is 9.94. The molecule has 9 nitrogen and oxygen atoms in total. The van der Waals surface area contributed by atoms with Crippen LogP contribution in [0.5, 0.6) is 11.5 Å². The molecule has 0 saturated heterocycles. The molecule has 5 N–H and O–H groups in total. The highest BCUT2D eigenvalue weighted by atomic mass is 35.5. The number of ether oxygens (including phenoxy) is 2. The van der Waals surface area contributed by atoms with Gasteiger partial charge in [-0.15, -0.1) is 0 Å². The zero-order valence-electron chi connectivity index (χ0n) is 17.5. The summed E-state index contributed by atoms with van der Waals surface area (Å²) in [5.41, 5.74) is 7.18. The maximum absolute atomic E-state index is 13.1. The number of benzene rings is 2. The number of methoxy groups -OCH3 is 1. The van der Waals surface area contributed by atoms with Gasteiger partial charge >= 0.3 is 6.03 Å². The molecule has 3 rings (SSSR count). The van der Waals surface area contributed by atoms with E-state index >= 15 is 0 Å². The molecule has 0 aliphatic carbocycles. The van der Waals surface area contributed by atoms with E-state index in [0.29, 0.717) is 23.4 Å². The Labute approximate surface area is 189 Å². The van der Waals surface area contributed by atoms with Crippen LogP contribution in [-0.2, 0) is 16.1 Å². The predicted molar refractivity (Wildman–Crippen MR) is 118 cm³/mol. The SMILES string of the molecule is COc1cc([C@@H]2NC(=O)NC(C)=C2C(=O)NCc2ccccc2)c(Cl)cc1OCC(N)=O. The number of amides is 4. The third-order valence-electron chi connectivity index (χ3n) is 4.77. The summed E-state index contributed by atoms with van der Waals surface area (Å²) in [4.78, 5) is 36.3. The summed E-state index contributed by atoms with van der Waals surface area (Å²) >= 11 is 6.47. The number of hydrogen-bond donors (Lipinski definition) is 4. The lowest BCUT2D eigenvalue weighted by molar-refractivity contribution is -0.120. The molecule has 0 saturated carbocycles. The van der Waals surface area contributed by atoms with Crippen LogP contribution in [0.2, 0.25) is 5.02 Å². The fourth-order valence-electron chi connectivity index (χ4n) is 3.29. The normalized spacial score (nSPS) is 15.5. The summed E-state index contributed by atoms with van der Waals surface area (Å²) in [6.07, 6.45) is 0. The summed E-state index contributed by atoms with van der Waals surface area (Å²) in [6.45, 7) is 1.59. The first-order valence-corrected chi connectivity index (χ1v) is 10.1. The van der Waals surface area contributed by atoms with Crippen molar-refractivity contribution in [3.05, 3.63) is 69.9 Å². The zero-order valence-corrected chi connectivity index (χ0v) is 18.3. The fourth-order valence-corrected chi connectivity index (χ4v) is 3.56. The third kappa shape index (κ3) is 5.30. The number of nitrogens with one attached hydrogen (secondary N) is 3. The van der Waals surface area contributed by atoms with E-state index in [4.69, 9.17) is 26.8 Å². The molecule has 2 aromatic rings. The molecule has 10 heteroatoms. The van der Waals surface area contributed by atoms with E-state index in [2.05, 4.69) is 16.0 Å². The molecule has 0 bridgehead atoms. The van der Waals surface area contributed by atoms with E-state index < -0.39 is 18.0 Å². The molecule has 0 unspecified atom stereocenters. The van der Waals surface area contributed by atoms with Crippen LogP contribution >= 0.6 is 11.6 Å². The van der Waals surface area contributed by atoms with Gasteiger partial charge in [0, 0.05) is 23.9 Å². The summed E-state index contributed by atoms with van der Waals surface area (Å²) in [7, 11) is 1.42. The second-order valence-electron chi connectivity index (χ2n) is 7.02. The standard InChI is InChI=1S/C22H23ClN4O5/c1-12-19(21(29)25-10-13-6-4-3-5-7-13)20(27-22(30)26-12)14-8-16(31-2)17(9-15(14)23)32-11-18(24)28/h3-9,20H,10-11H2,1-2H3,(H2,24,28)(H,25,29)(H2,26,27,30)/t20-/m0/s1. The van der Waals surface area contributed by atoms with Crippen molar-refractivity contribution in [2.75, 3.05) is 13.7 Å². The molecule has 32 heavy (non-hydrogen) atoms. The molecule has 1 heterocycles. The van der Waals surface area contributed by atoms with Gasteiger partial charge in [0.05, 0.1) is 23.7 Å². The minimum absolute atomic E-state index is 0.205. The van der Waals surface area contributed by atoms with Gasteiger partial charge in [-0.25, -0.2) is 4.79 Å². The highest BCUT2D eigenvalue weighted by Crippen LogP contribution is 2.39. The van der Waals surface area contributed by atoms with Gasteiger partial charge in [0.1, 0.15) is 0 Å². The maximum atomic E-state index is 13.1. The van der Waals surface area contributed by atoms with Gasteiger partial charge in [0.2, 0.25) is 0 Å². The fraction of sp³-hybridized carbons (Fsp3) is 0.227. The van der Waals surface area contributed by atoms with E-state index in [1.165, 1.54) is 13.2 Å². The lowest BCUT2D eigenvalue weighted by Gasteiger charge is -2.29. The van der Waals surface area contributed by atoms with E-state index in [0.717, 1.165) is 5.56 Å². The lowest BCUT2D eigenvalue weighted by Crippen LogP contribution is -2.47. The van der Waals surface area contributed by atoms with E-state index in [9.17, 15) is 14.4 Å². The summed E-state index contributed by atoms with van der Waals surface area (Å²) < 4.78 is 10.7. The number of nitrogens with two attached hydrogens (primary N) is 1. The van der Waals surface area contributed by atoms with E-state index in [-0.39, 0.29) is 29.0 Å². The highest BCUT2D eigenvalue weighted by Gasteiger charge is 2.33. The van der Waals surface area contributed by atoms with Gasteiger partial charge in [-0.3, -0.25) is 9.59 Å². The van der Waals surface area contributed by atoms with Gasteiger partial charge in [0.15, 0.2) is 18.1 Å². The number of hydrogen-bond acceptors (Lipinski definition) is 5. The van der Waals surface area contributed by atoms with Crippen LogP contribution in [0.3, 0.4) is 0 Å². The van der Waals surface area contributed by atoms with Crippen molar-refractivity contribution in [2.24, 2.45) is 5.73 Å². The monoisotopic (exact) mass is 458 g/mol. The van der Waals surface area contributed by atoms with Crippen LogP contribution in [0.1, 0.15) is 24.1 Å². The van der Waals surface area contributed by atoms with E-state index in [1.54, 1.807) is 13.0 Å². The molecular formula is C22H23ClN4O5. The van der Waals surface area contributed by atoms with Gasteiger partial charge in [-0.05, 0) is 18.6 Å². The smallest absolute Gasteiger partial charge is 0.319 e. The average molecular weight is 459 g/mol. The Kier molecular flexibility index (Phi) is 7.21. The number of rotatable bonds is 8. The molecule has 0 radical (unpaired) electrons. The van der Waals surface area contributed by atoms with Crippen molar-refractivity contribution in [3.63, 3.8) is 0 Å². The zero-order chi connectivity index (χ0) is 23.3. The first kappa shape index (κ1) is 23.0. The molecule has 168 valence electrons. The van der Waals surface area contributed by atoms with Crippen molar-refractivity contribution < 1.29 is 23.9 Å². The number of urea groups is 1. The Bertz CT molecular complexity index is 1070. The van der Waals surface area contributed by atoms with Gasteiger partial charge < -0.3 is 31.2 Å².